The summed E-state index contributed by atoms with van der Waals surface area (Å²) < 4.78 is 28.3. The number of hydrogen-bond acceptors (Lipinski definition) is 5. The standard InChI is InChI=1S/C24H23F2N3O2/c25-17-3-1-4-18(26)24(17)21-6-2-5-20(29-21)23(31)12-15-13-28-10-9-16(15)14-7-8-22(30)19(27)11-14/h1-6,9-10,13-14,19,22,30H,7-8,11-12,27H2/t14-,19-,22+/m1/s1. The summed E-state index contributed by atoms with van der Waals surface area (Å²) in [6.07, 6.45) is 4.91. The Hall–Kier alpha value is -3.03. The molecule has 0 saturated heterocycles. The first-order valence-corrected chi connectivity index (χ1v) is 10.2. The number of benzene rings is 1. The van der Waals surface area contributed by atoms with Crippen LogP contribution in [0.15, 0.2) is 54.9 Å². The summed E-state index contributed by atoms with van der Waals surface area (Å²) in [6, 6.07) is 9.75. The summed E-state index contributed by atoms with van der Waals surface area (Å²) in [5.74, 6) is -1.60. The molecular formula is C24H23F2N3O2. The number of halogens is 2. The molecule has 1 saturated carbocycles. The normalized spacial score (nSPS) is 21.1. The minimum atomic E-state index is -0.734. The lowest BCUT2D eigenvalue weighted by Gasteiger charge is -2.32. The maximum atomic E-state index is 14.1. The topological polar surface area (TPSA) is 89.1 Å². The van der Waals surface area contributed by atoms with Crippen LogP contribution in [0.3, 0.4) is 0 Å². The van der Waals surface area contributed by atoms with Crippen LogP contribution in [0.2, 0.25) is 0 Å². The number of carbonyl (C=O) groups is 1. The maximum absolute atomic E-state index is 14.1. The zero-order chi connectivity index (χ0) is 22.0. The second kappa shape index (κ2) is 8.99. The molecule has 1 aromatic carbocycles. The molecule has 0 amide bonds. The third-order valence-electron chi connectivity index (χ3n) is 5.85. The zero-order valence-electron chi connectivity index (χ0n) is 16.8. The van der Waals surface area contributed by atoms with Crippen LogP contribution in [-0.2, 0) is 6.42 Å². The van der Waals surface area contributed by atoms with Crippen LogP contribution in [0.25, 0.3) is 11.3 Å². The van der Waals surface area contributed by atoms with E-state index in [0.29, 0.717) is 12.8 Å². The van der Waals surface area contributed by atoms with E-state index in [1.807, 2.05) is 6.07 Å². The van der Waals surface area contributed by atoms with E-state index >= 15 is 0 Å². The van der Waals surface area contributed by atoms with E-state index in [9.17, 15) is 18.7 Å². The molecule has 5 nitrogen and oxygen atoms in total. The van der Waals surface area contributed by atoms with Gasteiger partial charge in [0.25, 0.3) is 0 Å². The second-order valence-corrected chi connectivity index (χ2v) is 7.92. The Balaban J connectivity index is 1.59. The van der Waals surface area contributed by atoms with Gasteiger partial charge in [-0.3, -0.25) is 9.78 Å². The molecule has 2 aromatic heterocycles. The second-order valence-electron chi connectivity index (χ2n) is 7.92. The van der Waals surface area contributed by atoms with Gasteiger partial charge in [-0.15, -0.1) is 0 Å². The Morgan fingerprint density at radius 1 is 1.10 bits per heavy atom. The van der Waals surface area contributed by atoms with Crippen molar-refractivity contribution < 1.29 is 18.7 Å². The van der Waals surface area contributed by atoms with E-state index < -0.39 is 17.7 Å². The Labute approximate surface area is 179 Å². The maximum Gasteiger partial charge on any atom is 0.185 e. The van der Waals surface area contributed by atoms with Crippen LogP contribution < -0.4 is 5.73 Å². The summed E-state index contributed by atoms with van der Waals surface area (Å²) in [7, 11) is 0. The summed E-state index contributed by atoms with van der Waals surface area (Å²) in [5.41, 5.74) is 7.74. The molecule has 160 valence electrons. The third-order valence-corrected chi connectivity index (χ3v) is 5.85. The molecular weight excluding hydrogens is 400 g/mol. The number of rotatable bonds is 5. The molecule has 1 aliphatic carbocycles. The Morgan fingerprint density at radius 2 is 1.84 bits per heavy atom. The smallest absolute Gasteiger partial charge is 0.185 e. The van der Waals surface area contributed by atoms with Gasteiger partial charge in [-0.1, -0.05) is 12.1 Å². The van der Waals surface area contributed by atoms with E-state index in [4.69, 9.17) is 5.73 Å². The first-order chi connectivity index (χ1) is 14.9. The number of pyridine rings is 2. The van der Waals surface area contributed by atoms with Crippen LogP contribution in [0, 0.1) is 11.6 Å². The fraction of sp³-hybridized carbons (Fsp3) is 0.292. The van der Waals surface area contributed by atoms with Gasteiger partial charge in [0.1, 0.15) is 17.3 Å². The molecule has 3 aromatic rings. The fourth-order valence-corrected chi connectivity index (χ4v) is 4.19. The van der Waals surface area contributed by atoms with E-state index in [-0.39, 0.29) is 41.1 Å². The molecule has 0 radical (unpaired) electrons. The van der Waals surface area contributed by atoms with E-state index in [1.165, 1.54) is 18.2 Å². The van der Waals surface area contributed by atoms with Gasteiger partial charge < -0.3 is 10.8 Å². The van der Waals surface area contributed by atoms with Crippen molar-refractivity contribution >= 4 is 5.78 Å². The van der Waals surface area contributed by atoms with Gasteiger partial charge in [-0.05, 0) is 66.6 Å². The van der Waals surface area contributed by atoms with Crippen LogP contribution in [0.4, 0.5) is 8.78 Å². The molecule has 7 heteroatoms. The van der Waals surface area contributed by atoms with Crippen molar-refractivity contribution in [3.63, 3.8) is 0 Å². The average Bonchev–Trinajstić information content (AvgIpc) is 2.76. The molecule has 0 aliphatic heterocycles. The van der Waals surface area contributed by atoms with Gasteiger partial charge in [-0.25, -0.2) is 13.8 Å². The van der Waals surface area contributed by atoms with Gasteiger partial charge in [0.05, 0.1) is 17.4 Å². The number of ketones is 1. The number of Topliss-reactive ketones (excluding diaryl/α,β-unsaturated/α-hetero) is 1. The van der Waals surface area contributed by atoms with Crippen molar-refractivity contribution in [1.82, 2.24) is 9.97 Å². The molecule has 2 heterocycles. The van der Waals surface area contributed by atoms with Crippen LogP contribution in [0.5, 0.6) is 0 Å². The van der Waals surface area contributed by atoms with Crippen molar-refractivity contribution in [1.29, 1.82) is 0 Å². The van der Waals surface area contributed by atoms with E-state index in [2.05, 4.69) is 9.97 Å². The monoisotopic (exact) mass is 423 g/mol. The predicted molar refractivity (Wildman–Crippen MR) is 112 cm³/mol. The SMILES string of the molecule is N[C@@H]1C[C@H](c2ccncc2CC(=O)c2cccc(-c3c(F)cccc3F)n2)CC[C@@H]1O. The molecule has 3 atom stereocenters. The molecule has 0 spiro atoms. The highest BCUT2D eigenvalue weighted by atomic mass is 19.1. The van der Waals surface area contributed by atoms with Gasteiger partial charge in [0.15, 0.2) is 5.78 Å². The van der Waals surface area contributed by atoms with Gasteiger partial charge in [0, 0.05) is 24.9 Å². The largest absolute Gasteiger partial charge is 0.392 e. The van der Waals surface area contributed by atoms with Crippen LogP contribution in [-0.4, -0.2) is 33.0 Å². The predicted octanol–water partition coefficient (Wildman–Crippen LogP) is 3.80. The number of aliphatic hydroxyl groups is 1. The number of carbonyl (C=O) groups excluding carboxylic acids is 1. The number of hydrogen-bond donors (Lipinski definition) is 2. The van der Waals surface area contributed by atoms with Gasteiger partial charge in [-0.2, -0.15) is 0 Å². The van der Waals surface area contributed by atoms with Crippen LogP contribution >= 0.6 is 0 Å². The molecule has 3 N–H and O–H groups in total. The highest BCUT2D eigenvalue weighted by molar-refractivity contribution is 5.96. The lowest BCUT2D eigenvalue weighted by molar-refractivity contribution is 0.0977. The lowest BCUT2D eigenvalue weighted by Crippen LogP contribution is -2.39. The van der Waals surface area contributed by atoms with Crippen molar-refractivity contribution in [2.45, 2.75) is 43.7 Å². The first kappa shape index (κ1) is 21.2. The number of aliphatic hydroxyl groups excluding tert-OH is 1. The van der Waals surface area contributed by atoms with Crippen molar-refractivity contribution in [3.05, 3.63) is 83.3 Å². The molecule has 1 aliphatic rings. The summed E-state index contributed by atoms with van der Waals surface area (Å²) in [4.78, 5) is 21.4. The summed E-state index contributed by atoms with van der Waals surface area (Å²) >= 11 is 0. The Bertz CT molecular complexity index is 1090. The molecule has 4 rings (SSSR count). The fourth-order valence-electron chi connectivity index (χ4n) is 4.19. The molecule has 31 heavy (non-hydrogen) atoms. The highest BCUT2D eigenvalue weighted by Gasteiger charge is 2.29. The first-order valence-electron chi connectivity index (χ1n) is 10.2. The van der Waals surface area contributed by atoms with E-state index in [1.54, 1.807) is 18.5 Å². The summed E-state index contributed by atoms with van der Waals surface area (Å²) in [6.45, 7) is 0. The number of aromatic nitrogens is 2. The minimum absolute atomic E-state index is 0.0632. The van der Waals surface area contributed by atoms with Gasteiger partial charge in [0.2, 0.25) is 0 Å². The molecule has 1 fully saturated rings. The average molecular weight is 423 g/mol. The van der Waals surface area contributed by atoms with Crippen molar-refractivity contribution in [2.75, 3.05) is 0 Å². The quantitative estimate of drug-likeness (QED) is 0.610. The molecule has 0 unspecified atom stereocenters. The number of nitrogens with zero attached hydrogens (tertiary/aromatic N) is 2. The van der Waals surface area contributed by atoms with Crippen LogP contribution in [0.1, 0.15) is 46.8 Å². The summed E-state index contributed by atoms with van der Waals surface area (Å²) in [5, 5.41) is 9.91. The number of nitrogens with two attached hydrogens (primary N) is 1. The molecule has 0 bridgehead atoms. The highest BCUT2D eigenvalue weighted by Crippen LogP contribution is 2.34. The lowest BCUT2D eigenvalue weighted by atomic mass is 9.78. The third kappa shape index (κ3) is 4.52. The van der Waals surface area contributed by atoms with E-state index in [0.717, 1.165) is 29.7 Å². The van der Waals surface area contributed by atoms with Gasteiger partial charge >= 0.3 is 0 Å². The zero-order valence-corrected chi connectivity index (χ0v) is 16.8. The van der Waals surface area contributed by atoms with Crippen molar-refractivity contribution in [2.24, 2.45) is 5.73 Å². The minimum Gasteiger partial charge on any atom is -0.392 e. The Morgan fingerprint density at radius 3 is 2.58 bits per heavy atom. The van der Waals surface area contributed by atoms with Crippen molar-refractivity contribution in [3.8, 4) is 11.3 Å². The Kier molecular flexibility index (Phi) is 6.15.